The van der Waals surface area contributed by atoms with Crippen LogP contribution in [0.1, 0.15) is 24.2 Å². The molecule has 5 N–H and O–H groups in total. The maximum absolute atomic E-state index is 10.1. The summed E-state index contributed by atoms with van der Waals surface area (Å²) in [7, 11) is 0. The molecule has 0 aliphatic rings. The van der Waals surface area contributed by atoms with E-state index in [-0.39, 0.29) is 0 Å². The number of benzene rings is 1. The van der Waals surface area contributed by atoms with Crippen LogP contribution in [0.15, 0.2) is 36.7 Å². The van der Waals surface area contributed by atoms with Crippen molar-refractivity contribution in [2.24, 2.45) is 5.84 Å². The van der Waals surface area contributed by atoms with Crippen molar-refractivity contribution < 1.29 is 5.11 Å². The highest BCUT2D eigenvalue weighted by atomic mass is 16.3. The first-order valence-corrected chi connectivity index (χ1v) is 6.53. The Morgan fingerprint density at radius 3 is 2.55 bits per heavy atom. The van der Waals surface area contributed by atoms with Gasteiger partial charge in [0, 0.05) is 12.1 Å². The third-order valence-corrected chi connectivity index (χ3v) is 3.08. The predicted octanol–water partition coefficient (Wildman–Crippen LogP) is 1.47. The molecule has 1 unspecified atom stereocenters. The Kier molecular flexibility index (Phi) is 4.86. The first-order valence-electron chi connectivity index (χ1n) is 6.53. The van der Waals surface area contributed by atoms with Crippen LogP contribution in [-0.2, 0) is 6.42 Å². The number of anilines is 2. The van der Waals surface area contributed by atoms with E-state index in [0.29, 0.717) is 18.2 Å². The van der Waals surface area contributed by atoms with Gasteiger partial charge in [0.15, 0.2) is 0 Å². The molecule has 1 atom stereocenters. The maximum atomic E-state index is 10.1. The summed E-state index contributed by atoms with van der Waals surface area (Å²) < 4.78 is 0. The maximum Gasteiger partial charge on any atom is 0.148 e. The summed E-state index contributed by atoms with van der Waals surface area (Å²) in [5, 5.41) is 13.3. The second-order valence-electron chi connectivity index (χ2n) is 4.35. The summed E-state index contributed by atoms with van der Waals surface area (Å²) in [4.78, 5) is 8.26. The summed E-state index contributed by atoms with van der Waals surface area (Å²) in [6.07, 6.45) is 1.58. The van der Waals surface area contributed by atoms with E-state index in [9.17, 15) is 5.11 Å². The van der Waals surface area contributed by atoms with Crippen LogP contribution in [-0.4, -0.2) is 21.6 Å². The monoisotopic (exact) mass is 273 g/mol. The van der Waals surface area contributed by atoms with Crippen molar-refractivity contribution in [2.75, 3.05) is 17.3 Å². The van der Waals surface area contributed by atoms with Crippen molar-refractivity contribution in [1.82, 2.24) is 9.97 Å². The third-order valence-electron chi connectivity index (χ3n) is 3.08. The lowest BCUT2D eigenvalue weighted by molar-refractivity contribution is 0.191. The van der Waals surface area contributed by atoms with Crippen LogP contribution < -0.4 is 16.6 Å². The van der Waals surface area contributed by atoms with Gasteiger partial charge < -0.3 is 15.8 Å². The molecule has 2 rings (SSSR count). The standard InChI is InChI=1S/C14H19N5O/c1-2-11-13(17-9-18-14(11)19-15)16-8-12(20)10-6-4-3-5-7-10/h3-7,9,12,20H,2,8,15H2,1H3,(H2,16,17,18,19). The molecule has 1 aromatic carbocycles. The number of hydrazine groups is 1. The molecule has 6 nitrogen and oxygen atoms in total. The number of aliphatic hydroxyl groups is 1. The van der Waals surface area contributed by atoms with E-state index in [0.717, 1.165) is 17.5 Å². The number of hydrogen-bond acceptors (Lipinski definition) is 6. The SMILES string of the molecule is CCc1c(NN)ncnc1NCC(O)c1ccccc1. The van der Waals surface area contributed by atoms with E-state index >= 15 is 0 Å². The first-order chi connectivity index (χ1) is 9.76. The fourth-order valence-corrected chi connectivity index (χ4v) is 2.01. The summed E-state index contributed by atoms with van der Waals surface area (Å²) in [6.45, 7) is 2.37. The van der Waals surface area contributed by atoms with E-state index < -0.39 is 6.10 Å². The quantitative estimate of drug-likeness (QED) is 0.470. The number of hydrogen-bond donors (Lipinski definition) is 4. The Bertz CT molecular complexity index is 547. The minimum atomic E-state index is -0.592. The minimum absolute atomic E-state index is 0.373. The molecular weight excluding hydrogens is 254 g/mol. The zero-order chi connectivity index (χ0) is 14.4. The summed E-state index contributed by atoms with van der Waals surface area (Å²) in [6, 6.07) is 9.50. The fourth-order valence-electron chi connectivity index (χ4n) is 2.01. The van der Waals surface area contributed by atoms with Gasteiger partial charge in [-0.25, -0.2) is 15.8 Å². The smallest absolute Gasteiger partial charge is 0.148 e. The molecule has 1 heterocycles. The largest absolute Gasteiger partial charge is 0.387 e. The summed E-state index contributed by atoms with van der Waals surface area (Å²) >= 11 is 0. The predicted molar refractivity (Wildman–Crippen MR) is 79.1 cm³/mol. The van der Waals surface area contributed by atoms with Crippen molar-refractivity contribution in [2.45, 2.75) is 19.4 Å². The summed E-state index contributed by atoms with van der Waals surface area (Å²) in [5.74, 6) is 6.71. The van der Waals surface area contributed by atoms with Crippen molar-refractivity contribution in [1.29, 1.82) is 0 Å². The van der Waals surface area contributed by atoms with E-state index in [2.05, 4.69) is 20.7 Å². The summed E-state index contributed by atoms with van der Waals surface area (Å²) in [5.41, 5.74) is 4.32. The van der Waals surface area contributed by atoms with Crippen LogP contribution in [0.25, 0.3) is 0 Å². The first kappa shape index (κ1) is 14.2. The number of nitrogen functional groups attached to an aromatic ring is 1. The van der Waals surface area contributed by atoms with Crippen LogP contribution >= 0.6 is 0 Å². The highest BCUT2D eigenvalue weighted by Gasteiger charge is 2.11. The van der Waals surface area contributed by atoms with Crippen molar-refractivity contribution in [3.05, 3.63) is 47.8 Å². The Morgan fingerprint density at radius 2 is 1.90 bits per heavy atom. The zero-order valence-electron chi connectivity index (χ0n) is 11.4. The van der Waals surface area contributed by atoms with Crippen LogP contribution in [0.4, 0.5) is 11.6 Å². The molecule has 0 aliphatic carbocycles. The molecule has 0 aliphatic heterocycles. The Morgan fingerprint density at radius 1 is 1.20 bits per heavy atom. The molecule has 0 bridgehead atoms. The molecular formula is C14H19N5O. The van der Waals surface area contributed by atoms with Crippen molar-refractivity contribution in [3.8, 4) is 0 Å². The molecule has 2 aromatic rings. The molecule has 106 valence electrons. The van der Waals surface area contributed by atoms with Crippen LogP contribution in [0.2, 0.25) is 0 Å². The van der Waals surface area contributed by atoms with Gasteiger partial charge in [0.2, 0.25) is 0 Å². The average molecular weight is 273 g/mol. The number of rotatable bonds is 6. The van der Waals surface area contributed by atoms with Crippen molar-refractivity contribution in [3.63, 3.8) is 0 Å². The van der Waals surface area contributed by atoms with E-state index in [1.165, 1.54) is 6.33 Å². The van der Waals surface area contributed by atoms with Crippen molar-refractivity contribution >= 4 is 11.6 Å². The number of nitrogens with two attached hydrogens (primary N) is 1. The normalized spacial score (nSPS) is 11.9. The Labute approximate surface area is 118 Å². The van der Waals surface area contributed by atoms with Crippen LogP contribution in [0.5, 0.6) is 0 Å². The minimum Gasteiger partial charge on any atom is -0.387 e. The lowest BCUT2D eigenvalue weighted by Crippen LogP contribution is -2.17. The molecule has 20 heavy (non-hydrogen) atoms. The number of nitrogens with zero attached hydrogens (tertiary/aromatic N) is 2. The van der Waals surface area contributed by atoms with Gasteiger partial charge in [-0.2, -0.15) is 0 Å². The lowest BCUT2D eigenvalue weighted by atomic mass is 10.1. The van der Waals surface area contributed by atoms with Gasteiger partial charge in [-0.3, -0.25) is 0 Å². The zero-order valence-corrected chi connectivity index (χ0v) is 11.4. The van der Waals surface area contributed by atoms with Gasteiger partial charge in [0.25, 0.3) is 0 Å². The van der Waals surface area contributed by atoms with Gasteiger partial charge in [0.05, 0.1) is 6.10 Å². The van der Waals surface area contributed by atoms with E-state index in [1.54, 1.807) is 0 Å². The third kappa shape index (κ3) is 3.23. The second kappa shape index (κ2) is 6.83. The number of nitrogens with one attached hydrogen (secondary N) is 2. The number of aliphatic hydroxyl groups excluding tert-OH is 1. The van der Waals surface area contributed by atoms with Gasteiger partial charge in [0.1, 0.15) is 18.0 Å². The Hall–Kier alpha value is -2.18. The van der Waals surface area contributed by atoms with Gasteiger partial charge >= 0.3 is 0 Å². The molecule has 0 saturated heterocycles. The van der Waals surface area contributed by atoms with Gasteiger partial charge in [-0.05, 0) is 12.0 Å². The Balaban J connectivity index is 2.07. The molecule has 0 fully saturated rings. The van der Waals surface area contributed by atoms with Crippen LogP contribution in [0, 0.1) is 0 Å². The van der Waals surface area contributed by atoms with E-state index in [1.807, 2.05) is 37.3 Å². The lowest BCUT2D eigenvalue weighted by Gasteiger charge is -2.15. The molecule has 6 heteroatoms. The molecule has 0 spiro atoms. The van der Waals surface area contributed by atoms with E-state index in [4.69, 9.17) is 5.84 Å². The average Bonchev–Trinajstić information content (AvgIpc) is 2.52. The highest BCUT2D eigenvalue weighted by Crippen LogP contribution is 2.20. The molecule has 0 radical (unpaired) electrons. The van der Waals surface area contributed by atoms with Gasteiger partial charge in [-0.1, -0.05) is 37.3 Å². The van der Waals surface area contributed by atoms with Crippen LogP contribution in [0.3, 0.4) is 0 Å². The topological polar surface area (TPSA) is 96.1 Å². The molecule has 1 aromatic heterocycles. The second-order valence-corrected chi connectivity index (χ2v) is 4.35. The molecule has 0 amide bonds. The van der Waals surface area contributed by atoms with Gasteiger partial charge in [-0.15, -0.1) is 0 Å². The molecule has 0 saturated carbocycles. The fraction of sp³-hybridized carbons (Fsp3) is 0.286. The number of aromatic nitrogens is 2. The highest BCUT2D eigenvalue weighted by molar-refractivity contribution is 5.56.